The minimum Gasteiger partial charge on any atom is -1.00 e. The van der Waals surface area contributed by atoms with E-state index in [-0.39, 0.29) is 35.6 Å². The summed E-state index contributed by atoms with van der Waals surface area (Å²) in [6, 6.07) is 32.7. The van der Waals surface area contributed by atoms with Gasteiger partial charge in [0, 0.05) is 0 Å². The second-order valence-electron chi connectivity index (χ2n) is 14.4. The zero-order chi connectivity index (χ0) is 29.8. The van der Waals surface area contributed by atoms with E-state index in [0.29, 0.717) is 3.63 Å². The molecule has 0 atom stereocenters. The van der Waals surface area contributed by atoms with E-state index in [1.807, 2.05) is 3.28 Å². The van der Waals surface area contributed by atoms with Crippen LogP contribution in [0.1, 0.15) is 73.8 Å². The van der Waals surface area contributed by atoms with E-state index in [1.165, 1.54) is 50.9 Å². The Morgan fingerprint density at radius 2 is 1.05 bits per heavy atom. The SMILES string of the molecule is C[Si](C)=[Zr+2]([C]1=CC=CC1)[CH]1c2cc(-c3ccccc3)c(C(C)(C)C)cc2-c2cc(C(C)(C)C)c(-c3ccccc3)cc21.[Cl-].[Cl-]. The van der Waals surface area contributed by atoms with Crippen molar-refractivity contribution in [1.82, 2.24) is 0 Å². The third-order valence-electron chi connectivity index (χ3n) is 9.02. The Hall–Kier alpha value is -1.96. The van der Waals surface area contributed by atoms with Gasteiger partial charge in [0.05, 0.1) is 0 Å². The van der Waals surface area contributed by atoms with Gasteiger partial charge in [0.15, 0.2) is 0 Å². The number of fused-ring (bicyclic) bond motifs is 3. The zero-order valence-corrected chi connectivity index (χ0v) is 32.3. The van der Waals surface area contributed by atoms with Crippen molar-refractivity contribution in [2.24, 2.45) is 0 Å². The van der Waals surface area contributed by atoms with Crippen LogP contribution in [0.2, 0.25) is 13.1 Å². The summed E-state index contributed by atoms with van der Waals surface area (Å²) >= 11 is -2.11. The molecule has 4 aromatic carbocycles. The Kier molecular flexibility index (Phi) is 10.6. The topological polar surface area (TPSA) is 0 Å². The van der Waals surface area contributed by atoms with Gasteiger partial charge in [-0.2, -0.15) is 0 Å². The van der Waals surface area contributed by atoms with E-state index in [9.17, 15) is 0 Å². The smallest absolute Gasteiger partial charge is 1.00 e. The van der Waals surface area contributed by atoms with Gasteiger partial charge in [-0.05, 0) is 0 Å². The third-order valence-corrected chi connectivity index (χ3v) is 27.2. The summed E-state index contributed by atoms with van der Waals surface area (Å²) in [7, 11) is 0. The number of benzene rings is 4. The maximum absolute atomic E-state index is 2.64. The Bertz CT molecular complexity index is 1660. The van der Waals surface area contributed by atoms with E-state index in [0.717, 1.165) is 0 Å². The quantitative estimate of drug-likeness (QED) is 0.249. The molecule has 4 heteroatoms. The zero-order valence-electron chi connectivity index (χ0n) is 27.4. The first-order valence-corrected chi connectivity index (χ1v) is 24.3. The van der Waals surface area contributed by atoms with Gasteiger partial charge >= 0.3 is 263 Å². The second kappa shape index (κ2) is 13.4. The average Bonchev–Trinajstić information content (AvgIpc) is 3.59. The van der Waals surface area contributed by atoms with Crippen LogP contribution >= 0.6 is 0 Å². The second-order valence-corrected chi connectivity index (χ2v) is 32.0. The number of hydrogen-bond acceptors (Lipinski definition) is 0. The van der Waals surface area contributed by atoms with Crippen LogP contribution in [-0.4, -0.2) is 5.43 Å². The maximum atomic E-state index is 2.64. The molecule has 0 bridgehead atoms. The van der Waals surface area contributed by atoms with Crippen molar-refractivity contribution in [3.63, 3.8) is 0 Å². The molecule has 0 saturated carbocycles. The molecule has 0 N–H and O–H groups in total. The molecule has 0 nitrogen and oxygen atoms in total. The maximum Gasteiger partial charge on any atom is -1.00 e. The van der Waals surface area contributed by atoms with E-state index in [4.69, 9.17) is 0 Å². The molecule has 0 aliphatic heterocycles. The molecule has 0 unspecified atom stereocenters. The van der Waals surface area contributed by atoms with Gasteiger partial charge in [-0.3, -0.25) is 0 Å². The summed E-state index contributed by atoms with van der Waals surface area (Å²) in [5.41, 5.74) is 14.2. The molecule has 2 aliphatic carbocycles. The average molecular weight is 715 g/mol. The predicted octanol–water partition coefficient (Wildman–Crippen LogP) is 5.41. The predicted molar refractivity (Wildman–Crippen MR) is 181 cm³/mol. The van der Waals surface area contributed by atoms with Crippen molar-refractivity contribution < 1.29 is 45.2 Å². The molecule has 0 saturated heterocycles. The molecule has 0 spiro atoms. The summed E-state index contributed by atoms with van der Waals surface area (Å²) in [5.74, 6) is 0. The molecule has 0 aromatic heterocycles. The molecule has 0 fully saturated rings. The Balaban J connectivity index is 0.00000221. The first-order chi connectivity index (χ1) is 19.9. The van der Waals surface area contributed by atoms with Crippen LogP contribution in [0.15, 0.2) is 106 Å². The van der Waals surface area contributed by atoms with E-state index >= 15 is 0 Å². The largest absolute Gasteiger partial charge is 1.00 e. The fraction of sp³-hybridized carbons (Fsp3) is 0.300. The molecule has 0 amide bonds. The van der Waals surface area contributed by atoms with Gasteiger partial charge in [-0.25, -0.2) is 0 Å². The number of rotatable bonds is 4. The Labute approximate surface area is 286 Å². The molecule has 6 rings (SSSR count). The van der Waals surface area contributed by atoms with Crippen LogP contribution in [0, 0.1) is 0 Å². The standard InChI is InChI=1S/C33H33.C5H5.C2H6Si.2ClH.Zr/c1-32(2,3)30-20-26-24(18-28(30)22-13-9-7-10-14-22)17-25-19-29(23-15-11-8-12-16-23)31(21-27(25)26)33(4,5)6;1-2-4-5-3-1;1-3-2;;;/h7-21H,1-6H3;1-3H,4H2;1-2H3;2*1H;/q;;;;;+2/p-2. The van der Waals surface area contributed by atoms with Crippen molar-refractivity contribution in [1.29, 1.82) is 0 Å². The van der Waals surface area contributed by atoms with Crippen molar-refractivity contribution in [2.75, 3.05) is 0 Å². The first kappa shape index (κ1) is 34.9. The Morgan fingerprint density at radius 1 is 0.614 bits per heavy atom. The minimum absolute atomic E-state index is 0. The summed E-state index contributed by atoms with van der Waals surface area (Å²) in [6.07, 6.45) is 8.40. The van der Waals surface area contributed by atoms with Crippen LogP contribution in [0.25, 0.3) is 33.4 Å². The normalized spacial score (nSPS) is 13.7. The molecular formula is C40H44Cl2SiZr. The molecule has 226 valence electrons. The molecule has 4 aromatic rings. The minimum atomic E-state index is -2.11. The van der Waals surface area contributed by atoms with E-state index in [2.05, 4.69) is 158 Å². The number of hydrogen-bond donors (Lipinski definition) is 0. The molecular weight excluding hydrogens is 671 g/mol. The molecule has 2 aliphatic rings. The fourth-order valence-electron chi connectivity index (χ4n) is 7.05. The van der Waals surface area contributed by atoms with Gasteiger partial charge < -0.3 is 24.8 Å². The van der Waals surface area contributed by atoms with Crippen molar-refractivity contribution in [2.45, 2.75) is 75.5 Å². The van der Waals surface area contributed by atoms with E-state index in [1.54, 1.807) is 11.1 Å². The Morgan fingerprint density at radius 3 is 1.39 bits per heavy atom. The monoisotopic (exact) mass is 712 g/mol. The summed E-state index contributed by atoms with van der Waals surface area (Å²) in [5, 5.41) is 0. The molecule has 0 radical (unpaired) electrons. The van der Waals surface area contributed by atoms with Crippen LogP contribution in [-0.2, 0) is 31.2 Å². The van der Waals surface area contributed by atoms with Crippen LogP contribution in [0.4, 0.5) is 0 Å². The van der Waals surface area contributed by atoms with Gasteiger partial charge in [0.2, 0.25) is 0 Å². The van der Waals surface area contributed by atoms with Gasteiger partial charge in [-0.15, -0.1) is 0 Å². The van der Waals surface area contributed by atoms with Crippen molar-refractivity contribution in [3.05, 3.63) is 129 Å². The summed E-state index contributed by atoms with van der Waals surface area (Å²) in [4.78, 5) is 0. The van der Waals surface area contributed by atoms with Gasteiger partial charge in [0.1, 0.15) is 0 Å². The van der Waals surface area contributed by atoms with Gasteiger partial charge in [-0.1, -0.05) is 0 Å². The summed E-state index contributed by atoms with van der Waals surface area (Å²) in [6.45, 7) is 19.5. The fourth-order valence-corrected chi connectivity index (χ4v) is 25.3. The van der Waals surface area contributed by atoms with Crippen molar-refractivity contribution >= 4 is 5.43 Å². The van der Waals surface area contributed by atoms with Crippen LogP contribution in [0.3, 0.4) is 0 Å². The number of allylic oxidation sites excluding steroid dienone is 4. The first-order valence-electron chi connectivity index (χ1n) is 15.5. The van der Waals surface area contributed by atoms with Crippen molar-refractivity contribution in [3.8, 4) is 33.4 Å². The number of halogens is 2. The third kappa shape index (κ3) is 6.48. The van der Waals surface area contributed by atoms with Crippen LogP contribution in [0.5, 0.6) is 0 Å². The summed E-state index contributed by atoms with van der Waals surface area (Å²) < 4.78 is 2.36. The molecule has 0 heterocycles. The van der Waals surface area contributed by atoms with E-state index < -0.39 is 25.8 Å². The molecule has 44 heavy (non-hydrogen) atoms. The van der Waals surface area contributed by atoms with Crippen LogP contribution < -0.4 is 24.8 Å². The van der Waals surface area contributed by atoms with Gasteiger partial charge in [0.25, 0.3) is 0 Å².